The van der Waals surface area contributed by atoms with Crippen molar-refractivity contribution in [3.8, 4) is 0 Å². The molecule has 1 fully saturated rings. The fourth-order valence-corrected chi connectivity index (χ4v) is 4.52. The van der Waals surface area contributed by atoms with Crippen molar-refractivity contribution in [2.24, 2.45) is 0 Å². The topological polar surface area (TPSA) is 87.5 Å². The van der Waals surface area contributed by atoms with E-state index in [1.165, 1.54) is 0 Å². The summed E-state index contributed by atoms with van der Waals surface area (Å²) in [6.07, 6.45) is 7.64. The number of pyridine rings is 1. The summed E-state index contributed by atoms with van der Waals surface area (Å²) in [5.41, 5.74) is 5.73. The molecule has 1 aliphatic heterocycles. The van der Waals surface area contributed by atoms with Gasteiger partial charge in [-0.05, 0) is 32.3 Å². The van der Waals surface area contributed by atoms with Crippen LogP contribution in [-0.4, -0.2) is 44.2 Å². The number of amides is 1. The number of hydrogen-bond acceptors (Lipinski definition) is 5. The molecule has 2 atom stereocenters. The lowest BCUT2D eigenvalue weighted by Gasteiger charge is -2.40. The molecule has 5 rings (SSSR count). The Morgan fingerprint density at radius 3 is 3.09 bits per heavy atom. The molecule has 166 valence electrons. The van der Waals surface area contributed by atoms with Gasteiger partial charge in [-0.3, -0.25) is 14.7 Å². The summed E-state index contributed by atoms with van der Waals surface area (Å²) in [4.78, 5) is 24.9. The zero-order valence-electron chi connectivity index (χ0n) is 18.0. The lowest BCUT2D eigenvalue weighted by atomic mass is 9.97. The molecule has 0 saturated carbocycles. The van der Waals surface area contributed by atoms with Gasteiger partial charge in [0.05, 0.1) is 34.8 Å². The average molecular weight is 436 g/mol. The van der Waals surface area contributed by atoms with E-state index in [0.29, 0.717) is 29.7 Å². The van der Waals surface area contributed by atoms with Crippen LogP contribution in [-0.2, 0) is 4.84 Å². The van der Waals surface area contributed by atoms with Crippen molar-refractivity contribution in [3.63, 3.8) is 0 Å². The van der Waals surface area contributed by atoms with E-state index in [0.717, 1.165) is 29.6 Å². The molecular weight excluding hydrogens is 411 g/mol. The van der Waals surface area contributed by atoms with E-state index in [2.05, 4.69) is 32.5 Å². The number of aryl methyl sites for hydroxylation is 1. The van der Waals surface area contributed by atoms with Gasteiger partial charge in [0.1, 0.15) is 0 Å². The maximum absolute atomic E-state index is 14.6. The van der Waals surface area contributed by atoms with E-state index in [1.807, 2.05) is 31.5 Å². The van der Waals surface area contributed by atoms with Gasteiger partial charge < -0.3 is 9.30 Å². The van der Waals surface area contributed by atoms with Gasteiger partial charge in [0.15, 0.2) is 11.5 Å². The molecule has 0 spiro atoms. The molecule has 0 radical (unpaired) electrons. The second-order valence-corrected chi connectivity index (χ2v) is 8.25. The van der Waals surface area contributed by atoms with E-state index in [4.69, 9.17) is 4.84 Å². The van der Waals surface area contributed by atoms with Crippen molar-refractivity contribution < 1.29 is 14.0 Å². The summed E-state index contributed by atoms with van der Waals surface area (Å²) in [5.74, 6) is -0.637. The van der Waals surface area contributed by atoms with Gasteiger partial charge in [0, 0.05) is 36.4 Å². The highest BCUT2D eigenvalue weighted by atomic mass is 19.1. The molecule has 0 bridgehead atoms. The molecule has 2 unspecified atom stereocenters. The number of fused-ring (bicyclic) bond motifs is 2. The SMILES string of the molecule is CCC1CC(ONC(=O)c2cccc3cn[nH]c23)CCN1c1cc(F)c2nc(C)cn2c1. The highest BCUT2D eigenvalue weighted by Crippen LogP contribution is 2.29. The lowest BCUT2D eigenvalue weighted by molar-refractivity contribution is -0.0314. The first-order valence-electron chi connectivity index (χ1n) is 10.8. The molecule has 32 heavy (non-hydrogen) atoms. The monoisotopic (exact) mass is 436 g/mol. The van der Waals surface area contributed by atoms with Gasteiger partial charge >= 0.3 is 0 Å². The van der Waals surface area contributed by atoms with Crippen LogP contribution in [0, 0.1) is 12.7 Å². The minimum absolute atomic E-state index is 0.120. The second kappa shape index (κ2) is 8.23. The Hall–Kier alpha value is -3.46. The van der Waals surface area contributed by atoms with E-state index in [-0.39, 0.29) is 23.9 Å². The molecule has 2 N–H and O–H groups in total. The molecule has 1 amide bonds. The number of imidazole rings is 1. The first-order valence-corrected chi connectivity index (χ1v) is 10.8. The fourth-order valence-electron chi connectivity index (χ4n) is 4.52. The van der Waals surface area contributed by atoms with E-state index >= 15 is 0 Å². The largest absolute Gasteiger partial charge is 0.367 e. The minimum Gasteiger partial charge on any atom is -0.367 e. The number of benzene rings is 1. The number of halogens is 1. The van der Waals surface area contributed by atoms with Crippen LogP contribution in [0.1, 0.15) is 42.2 Å². The third kappa shape index (κ3) is 3.69. The molecule has 3 aromatic heterocycles. The molecule has 1 aliphatic rings. The van der Waals surface area contributed by atoms with Gasteiger partial charge in [0.2, 0.25) is 0 Å². The Morgan fingerprint density at radius 1 is 1.38 bits per heavy atom. The minimum atomic E-state index is -0.330. The molecule has 0 aliphatic carbocycles. The van der Waals surface area contributed by atoms with Crippen LogP contribution in [0.5, 0.6) is 0 Å². The Morgan fingerprint density at radius 2 is 2.25 bits per heavy atom. The second-order valence-electron chi connectivity index (χ2n) is 8.25. The molecule has 1 aromatic carbocycles. The van der Waals surface area contributed by atoms with Gasteiger partial charge in [-0.2, -0.15) is 5.10 Å². The Kier molecular flexibility index (Phi) is 5.26. The van der Waals surface area contributed by atoms with Gasteiger partial charge in [0.25, 0.3) is 5.91 Å². The number of aromatic amines is 1. The van der Waals surface area contributed by atoms with Crippen LogP contribution in [0.2, 0.25) is 0 Å². The van der Waals surface area contributed by atoms with Crippen molar-refractivity contribution in [1.29, 1.82) is 0 Å². The molecule has 8 nitrogen and oxygen atoms in total. The van der Waals surface area contributed by atoms with Crippen LogP contribution in [0.3, 0.4) is 0 Å². The number of rotatable bonds is 5. The molecule has 4 aromatic rings. The highest BCUT2D eigenvalue weighted by molar-refractivity contribution is 6.04. The number of hydrogen-bond donors (Lipinski definition) is 2. The molecule has 9 heteroatoms. The summed E-state index contributed by atoms with van der Waals surface area (Å²) in [5, 5.41) is 7.72. The zero-order valence-corrected chi connectivity index (χ0v) is 18.0. The molecule has 1 saturated heterocycles. The summed E-state index contributed by atoms with van der Waals surface area (Å²) >= 11 is 0. The maximum atomic E-state index is 14.6. The van der Waals surface area contributed by atoms with Crippen molar-refractivity contribution in [3.05, 3.63) is 59.9 Å². The van der Waals surface area contributed by atoms with Crippen LogP contribution in [0.15, 0.2) is 42.9 Å². The van der Waals surface area contributed by atoms with Crippen LogP contribution in [0.25, 0.3) is 16.6 Å². The summed E-state index contributed by atoms with van der Waals surface area (Å²) in [7, 11) is 0. The van der Waals surface area contributed by atoms with Gasteiger partial charge in [-0.1, -0.05) is 19.1 Å². The number of H-pyrrole nitrogens is 1. The number of carbonyl (C=O) groups is 1. The predicted octanol–water partition coefficient (Wildman–Crippen LogP) is 3.77. The highest BCUT2D eigenvalue weighted by Gasteiger charge is 2.30. The number of anilines is 1. The number of aromatic nitrogens is 4. The Bertz CT molecular complexity index is 1280. The summed E-state index contributed by atoms with van der Waals surface area (Å²) in [6.45, 7) is 4.66. The van der Waals surface area contributed by atoms with Gasteiger partial charge in [-0.15, -0.1) is 0 Å². The first kappa shape index (κ1) is 20.4. The van der Waals surface area contributed by atoms with Crippen LogP contribution < -0.4 is 10.4 Å². The third-order valence-electron chi connectivity index (χ3n) is 6.12. The summed E-state index contributed by atoms with van der Waals surface area (Å²) < 4.78 is 16.3. The molecular formula is C23H25FN6O2. The number of nitrogens with one attached hydrogen (secondary N) is 2. The quantitative estimate of drug-likeness (QED) is 0.465. The molecule has 4 heterocycles. The number of hydroxylamine groups is 1. The Balaban J connectivity index is 1.27. The fraction of sp³-hybridized carbons (Fsp3) is 0.348. The third-order valence-corrected chi connectivity index (χ3v) is 6.12. The predicted molar refractivity (Wildman–Crippen MR) is 119 cm³/mol. The number of nitrogens with zero attached hydrogens (tertiary/aromatic N) is 4. The number of piperidine rings is 1. The lowest BCUT2D eigenvalue weighted by Crippen LogP contribution is -2.46. The Labute approximate surface area is 184 Å². The maximum Gasteiger partial charge on any atom is 0.277 e. The van der Waals surface area contributed by atoms with E-state index < -0.39 is 0 Å². The van der Waals surface area contributed by atoms with E-state index in [1.54, 1.807) is 22.7 Å². The first-order chi connectivity index (χ1) is 15.5. The number of para-hydroxylation sites is 1. The summed E-state index contributed by atoms with van der Waals surface area (Å²) in [6, 6.07) is 7.17. The van der Waals surface area contributed by atoms with Crippen LogP contribution >= 0.6 is 0 Å². The van der Waals surface area contributed by atoms with Crippen molar-refractivity contribution >= 4 is 28.1 Å². The zero-order chi connectivity index (χ0) is 22.2. The average Bonchev–Trinajstić information content (AvgIpc) is 3.43. The van der Waals surface area contributed by atoms with Gasteiger partial charge in [-0.25, -0.2) is 14.9 Å². The van der Waals surface area contributed by atoms with E-state index in [9.17, 15) is 9.18 Å². The van der Waals surface area contributed by atoms with Crippen molar-refractivity contribution in [2.45, 2.75) is 45.3 Å². The number of carbonyl (C=O) groups excluding carboxylic acids is 1. The van der Waals surface area contributed by atoms with Crippen molar-refractivity contribution in [2.75, 3.05) is 11.4 Å². The normalized spacial score (nSPS) is 19.0. The standard InChI is InChI=1S/C23H25FN6O2/c1-3-16-9-18(32-28-23(31)19-6-4-5-15-11-25-27-21(15)19)7-8-30(16)17-10-20(24)22-26-14(2)12-29(22)13-17/h4-6,10-13,16,18H,3,7-9H2,1-2H3,(H,25,27)(H,28,31). The van der Waals surface area contributed by atoms with Crippen LogP contribution in [0.4, 0.5) is 10.1 Å². The van der Waals surface area contributed by atoms with Crippen molar-refractivity contribution in [1.82, 2.24) is 25.1 Å². The smallest absolute Gasteiger partial charge is 0.277 e.